The van der Waals surface area contributed by atoms with Crippen molar-refractivity contribution in [3.63, 3.8) is 0 Å². The zero-order valence-electron chi connectivity index (χ0n) is 5.46. The summed E-state index contributed by atoms with van der Waals surface area (Å²) in [4.78, 5) is 4.13. The maximum atomic E-state index is 5.41. The average Bonchev–Trinajstić information content (AvgIpc) is 2.14. The maximum absolute atomic E-state index is 5.41. The van der Waals surface area contributed by atoms with Gasteiger partial charge in [-0.2, -0.15) is 0 Å². The number of thiazole rings is 1. The van der Waals surface area contributed by atoms with E-state index in [4.69, 9.17) is 5.84 Å². The van der Waals surface area contributed by atoms with Crippen molar-refractivity contribution in [1.29, 1.82) is 0 Å². The Morgan fingerprint density at radius 2 is 2.44 bits per heavy atom. The normalized spacial score (nSPS) is 9.67. The number of hydrogen-bond donors (Lipinski definition) is 1. The van der Waals surface area contributed by atoms with Crippen LogP contribution in [0.4, 0.5) is 5.13 Å². The van der Waals surface area contributed by atoms with E-state index in [1.165, 1.54) is 5.01 Å². The van der Waals surface area contributed by atoms with Crippen molar-refractivity contribution in [2.24, 2.45) is 5.84 Å². The van der Waals surface area contributed by atoms with Crippen molar-refractivity contribution in [1.82, 2.24) is 4.98 Å². The molecule has 1 rings (SSSR count). The summed E-state index contributed by atoms with van der Waals surface area (Å²) in [7, 11) is 1.78. The van der Waals surface area contributed by atoms with Gasteiger partial charge in [-0.25, -0.2) is 10.8 Å². The van der Waals surface area contributed by atoms with Crippen LogP contribution in [0.15, 0.2) is 5.38 Å². The van der Waals surface area contributed by atoms with Gasteiger partial charge in [-0.3, -0.25) is 5.01 Å². The predicted molar refractivity (Wildman–Crippen MR) is 39.4 cm³/mol. The fraction of sp³-hybridized carbons (Fsp3) is 0.400. The Bertz CT molecular complexity index is 194. The molecule has 0 saturated carbocycles. The third-order valence-corrected chi connectivity index (χ3v) is 1.96. The first-order chi connectivity index (χ1) is 4.20. The van der Waals surface area contributed by atoms with Crippen molar-refractivity contribution in [2.45, 2.75) is 6.92 Å². The number of rotatable bonds is 1. The summed E-state index contributed by atoms with van der Waals surface area (Å²) < 4.78 is 0. The van der Waals surface area contributed by atoms with E-state index in [0.717, 1.165) is 10.8 Å². The van der Waals surface area contributed by atoms with Crippen molar-refractivity contribution in [2.75, 3.05) is 12.1 Å². The molecular weight excluding hydrogens is 134 g/mol. The molecule has 0 unspecified atom stereocenters. The third kappa shape index (κ3) is 1.40. The molecule has 1 aromatic heterocycles. The second-order valence-electron chi connectivity index (χ2n) is 1.88. The summed E-state index contributed by atoms with van der Waals surface area (Å²) in [5, 5.41) is 4.34. The van der Waals surface area contributed by atoms with Gasteiger partial charge in [0.1, 0.15) is 0 Å². The first-order valence-corrected chi connectivity index (χ1v) is 3.48. The summed E-state index contributed by atoms with van der Waals surface area (Å²) in [5.41, 5.74) is 1.02. The number of nitrogens with zero attached hydrogens (tertiary/aromatic N) is 2. The van der Waals surface area contributed by atoms with Crippen molar-refractivity contribution in [3.05, 3.63) is 11.1 Å². The van der Waals surface area contributed by atoms with Gasteiger partial charge in [0.25, 0.3) is 0 Å². The lowest BCUT2D eigenvalue weighted by Gasteiger charge is -2.04. The van der Waals surface area contributed by atoms with Gasteiger partial charge < -0.3 is 0 Å². The van der Waals surface area contributed by atoms with E-state index in [9.17, 15) is 0 Å². The number of hydrazine groups is 1. The highest BCUT2D eigenvalue weighted by atomic mass is 32.1. The lowest BCUT2D eigenvalue weighted by molar-refractivity contribution is 0.995. The van der Waals surface area contributed by atoms with E-state index in [1.807, 2.05) is 12.3 Å². The predicted octanol–water partition coefficient (Wildman–Crippen LogP) is 0.761. The SMILES string of the molecule is Cc1csc(N(C)N)n1. The second-order valence-corrected chi connectivity index (χ2v) is 2.72. The van der Waals surface area contributed by atoms with Gasteiger partial charge in [0.05, 0.1) is 5.69 Å². The fourth-order valence-electron chi connectivity index (χ4n) is 0.504. The van der Waals surface area contributed by atoms with Crippen LogP contribution >= 0.6 is 11.3 Å². The Morgan fingerprint density at radius 1 is 1.78 bits per heavy atom. The number of aryl methyl sites for hydroxylation is 1. The minimum absolute atomic E-state index is 0.854. The number of aromatic nitrogens is 1. The molecule has 0 saturated heterocycles. The Balaban J connectivity index is 2.85. The van der Waals surface area contributed by atoms with Gasteiger partial charge >= 0.3 is 0 Å². The molecule has 0 aliphatic heterocycles. The van der Waals surface area contributed by atoms with Crippen LogP contribution in [0.3, 0.4) is 0 Å². The molecular formula is C5H9N3S. The highest BCUT2D eigenvalue weighted by molar-refractivity contribution is 7.13. The lowest BCUT2D eigenvalue weighted by atomic mass is 10.6. The van der Waals surface area contributed by atoms with Gasteiger partial charge in [0, 0.05) is 12.4 Å². The van der Waals surface area contributed by atoms with Crippen LogP contribution in [-0.4, -0.2) is 12.0 Å². The second kappa shape index (κ2) is 2.33. The zero-order valence-corrected chi connectivity index (χ0v) is 6.27. The van der Waals surface area contributed by atoms with Crippen LogP contribution in [0, 0.1) is 6.92 Å². The Morgan fingerprint density at radius 3 is 2.67 bits per heavy atom. The van der Waals surface area contributed by atoms with Crippen LogP contribution < -0.4 is 10.9 Å². The highest BCUT2D eigenvalue weighted by Crippen LogP contribution is 2.15. The number of anilines is 1. The molecule has 0 spiro atoms. The minimum Gasteiger partial charge on any atom is -0.289 e. The third-order valence-electron chi connectivity index (χ3n) is 0.909. The molecule has 50 valence electrons. The molecule has 0 radical (unpaired) electrons. The van der Waals surface area contributed by atoms with Crippen LogP contribution in [0.25, 0.3) is 0 Å². The highest BCUT2D eigenvalue weighted by Gasteiger charge is 1.97. The van der Waals surface area contributed by atoms with Gasteiger partial charge in [-0.15, -0.1) is 11.3 Å². The van der Waals surface area contributed by atoms with Crippen molar-refractivity contribution < 1.29 is 0 Å². The van der Waals surface area contributed by atoms with Crippen LogP contribution in [-0.2, 0) is 0 Å². The largest absolute Gasteiger partial charge is 0.289 e. The Labute approximate surface area is 58.1 Å². The Kier molecular flexibility index (Phi) is 1.68. The summed E-state index contributed by atoms with van der Waals surface area (Å²) in [6.07, 6.45) is 0. The first kappa shape index (κ1) is 6.51. The van der Waals surface area contributed by atoms with Gasteiger partial charge in [-0.05, 0) is 6.92 Å². The van der Waals surface area contributed by atoms with Crippen LogP contribution in [0.2, 0.25) is 0 Å². The van der Waals surface area contributed by atoms with Crippen molar-refractivity contribution in [3.8, 4) is 0 Å². The van der Waals surface area contributed by atoms with E-state index in [2.05, 4.69) is 4.98 Å². The molecule has 0 atom stereocenters. The minimum atomic E-state index is 0.854. The van der Waals surface area contributed by atoms with E-state index in [-0.39, 0.29) is 0 Å². The van der Waals surface area contributed by atoms with Gasteiger partial charge in [-0.1, -0.05) is 0 Å². The molecule has 1 heterocycles. The molecule has 0 aromatic carbocycles. The lowest BCUT2D eigenvalue weighted by Crippen LogP contribution is -2.24. The number of hydrogen-bond acceptors (Lipinski definition) is 4. The molecule has 3 nitrogen and oxygen atoms in total. The summed E-state index contributed by atoms with van der Waals surface area (Å²) in [6.45, 7) is 1.95. The van der Waals surface area contributed by atoms with Gasteiger partial charge in [0.2, 0.25) is 0 Å². The molecule has 0 amide bonds. The molecule has 0 bridgehead atoms. The molecule has 2 N–H and O–H groups in total. The summed E-state index contributed by atoms with van der Waals surface area (Å²) >= 11 is 1.55. The summed E-state index contributed by atoms with van der Waals surface area (Å²) in [6, 6.07) is 0. The monoisotopic (exact) mass is 143 g/mol. The maximum Gasteiger partial charge on any atom is 0.199 e. The zero-order chi connectivity index (χ0) is 6.85. The molecule has 0 aliphatic carbocycles. The average molecular weight is 143 g/mol. The molecule has 0 fully saturated rings. The number of nitrogens with two attached hydrogens (primary N) is 1. The van der Waals surface area contributed by atoms with E-state index in [1.54, 1.807) is 18.4 Å². The molecule has 4 heteroatoms. The molecule has 1 aromatic rings. The van der Waals surface area contributed by atoms with E-state index in [0.29, 0.717) is 0 Å². The quantitative estimate of drug-likeness (QED) is 0.466. The smallest absolute Gasteiger partial charge is 0.199 e. The standard InChI is InChI=1S/C5H9N3S/c1-4-3-9-5(7-4)8(2)6/h3H,6H2,1-2H3. The Hall–Kier alpha value is -0.610. The van der Waals surface area contributed by atoms with Crippen LogP contribution in [0.1, 0.15) is 5.69 Å². The van der Waals surface area contributed by atoms with Crippen LogP contribution in [0.5, 0.6) is 0 Å². The molecule has 9 heavy (non-hydrogen) atoms. The topological polar surface area (TPSA) is 42.1 Å². The summed E-state index contributed by atoms with van der Waals surface area (Å²) in [5.74, 6) is 5.41. The fourth-order valence-corrected chi connectivity index (χ4v) is 1.20. The first-order valence-electron chi connectivity index (χ1n) is 2.60. The van der Waals surface area contributed by atoms with Gasteiger partial charge in [0.15, 0.2) is 5.13 Å². The molecule has 0 aliphatic rings. The van der Waals surface area contributed by atoms with Crippen molar-refractivity contribution >= 4 is 16.5 Å². The van der Waals surface area contributed by atoms with E-state index >= 15 is 0 Å². The van der Waals surface area contributed by atoms with E-state index < -0.39 is 0 Å².